The number of ether oxygens (including phenoxy) is 1. The number of morpholine rings is 1. The largest absolute Gasteiger partial charge is 0.508 e. The van der Waals surface area contributed by atoms with Gasteiger partial charge in [0.15, 0.2) is 0 Å². The number of nitrogens with one attached hydrogen (secondary N) is 1. The van der Waals surface area contributed by atoms with Gasteiger partial charge in [0.1, 0.15) is 11.6 Å². The molecule has 1 aliphatic carbocycles. The summed E-state index contributed by atoms with van der Waals surface area (Å²) >= 11 is 0. The Balaban J connectivity index is 1.53. The molecule has 114 valence electrons. The fraction of sp³-hybridized carbons (Fsp3) is 0.533. The Morgan fingerprint density at radius 3 is 3.00 bits per heavy atom. The first kappa shape index (κ1) is 14.3. The van der Waals surface area contributed by atoms with Gasteiger partial charge in [-0.3, -0.25) is 9.69 Å². The topological polar surface area (TPSA) is 61.8 Å². The number of rotatable bonds is 4. The molecule has 0 spiro atoms. The molecule has 2 N–H and O–H groups in total. The molecule has 1 amide bonds. The van der Waals surface area contributed by atoms with Crippen molar-refractivity contribution < 1.29 is 19.0 Å². The normalized spacial score (nSPS) is 23.0. The van der Waals surface area contributed by atoms with Gasteiger partial charge >= 0.3 is 0 Å². The number of phenolic OH excluding ortho intramolecular Hbond substituents is 1. The first-order chi connectivity index (χ1) is 10.1. The molecule has 2 fully saturated rings. The SMILES string of the molecule is O=C(NC[C@@H]1CN(C2CC2)CCO1)c1ccc(O)cc1F. The van der Waals surface area contributed by atoms with E-state index in [2.05, 4.69) is 10.2 Å². The number of nitrogens with zero attached hydrogens (tertiary/aromatic N) is 1. The molecule has 3 rings (SSSR count). The van der Waals surface area contributed by atoms with Gasteiger partial charge in [-0.05, 0) is 25.0 Å². The average molecular weight is 294 g/mol. The van der Waals surface area contributed by atoms with E-state index in [0.29, 0.717) is 19.2 Å². The molecule has 1 atom stereocenters. The van der Waals surface area contributed by atoms with Crippen molar-refractivity contribution in [1.29, 1.82) is 0 Å². The van der Waals surface area contributed by atoms with Crippen LogP contribution in [0.5, 0.6) is 5.75 Å². The molecule has 1 saturated carbocycles. The predicted octanol–water partition coefficient (Wildman–Crippen LogP) is 1.12. The van der Waals surface area contributed by atoms with Crippen molar-refractivity contribution in [2.24, 2.45) is 0 Å². The van der Waals surface area contributed by atoms with Crippen LogP contribution in [0.15, 0.2) is 18.2 Å². The highest BCUT2D eigenvalue weighted by Gasteiger charge is 2.33. The third kappa shape index (κ3) is 3.51. The Morgan fingerprint density at radius 1 is 1.48 bits per heavy atom. The summed E-state index contributed by atoms with van der Waals surface area (Å²) in [7, 11) is 0. The maximum absolute atomic E-state index is 13.6. The number of hydrogen-bond donors (Lipinski definition) is 2. The zero-order valence-electron chi connectivity index (χ0n) is 11.7. The van der Waals surface area contributed by atoms with Crippen LogP contribution in [0.1, 0.15) is 23.2 Å². The molecule has 1 aromatic carbocycles. The van der Waals surface area contributed by atoms with Gasteiger partial charge in [0.05, 0.1) is 18.3 Å². The lowest BCUT2D eigenvalue weighted by Gasteiger charge is -2.33. The summed E-state index contributed by atoms with van der Waals surface area (Å²) in [5.41, 5.74) is -0.0670. The molecule has 0 aromatic heterocycles. The van der Waals surface area contributed by atoms with E-state index in [4.69, 9.17) is 9.84 Å². The van der Waals surface area contributed by atoms with E-state index < -0.39 is 11.7 Å². The summed E-state index contributed by atoms with van der Waals surface area (Å²) in [5, 5.41) is 11.8. The number of aromatic hydroxyl groups is 1. The third-order valence-corrected chi connectivity index (χ3v) is 3.92. The molecular formula is C15H19FN2O3. The van der Waals surface area contributed by atoms with Crippen LogP contribution in [-0.2, 0) is 4.74 Å². The molecule has 1 saturated heterocycles. The molecule has 21 heavy (non-hydrogen) atoms. The van der Waals surface area contributed by atoms with Gasteiger partial charge < -0.3 is 15.2 Å². The summed E-state index contributed by atoms with van der Waals surface area (Å²) in [6, 6.07) is 4.19. The maximum Gasteiger partial charge on any atom is 0.254 e. The van der Waals surface area contributed by atoms with Crippen LogP contribution in [0.3, 0.4) is 0 Å². The monoisotopic (exact) mass is 294 g/mol. The number of carbonyl (C=O) groups is 1. The smallest absolute Gasteiger partial charge is 0.254 e. The van der Waals surface area contributed by atoms with E-state index in [1.807, 2.05) is 0 Å². The highest BCUT2D eigenvalue weighted by molar-refractivity contribution is 5.94. The third-order valence-electron chi connectivity index (χ3n) is 3.92. The predicted molar refractivity (Wildman–Crippen MR) is 74.7 cm³/mol. The van der Waals surface area contributed by atoms with E-state index in [1.165, 1.54) is 25.0 Å². The van der Waals surface area contributed by atoms with Crippen molar-refractivity contribution in [3.05, 3.63) is 29.6 Å². The minimum absolute atomic E-state index is 0.0523. The molecule has 1 aliphatic heterocycles. The van der Waals surface area contributed by atoms with Crippen molar-refractivity contribution >= 4 is 5.91 Å². The minimum atomic E-state index is -0.725. The van der Waals surface area contributed by atoms with Gasteiger partial charge in [0.2, 0.25) is 0 Å². The average Bonchev–Trinajstić information content (AvgIpc) is 3.30. The lowest BCUT2D eigenvalue weighted by Crippen LogP contribution is -2.48. The number of phenols is 1. The van der Waals surface area contributed by atoms with Crippen molar-refractivity contribution in [2.75, 3.05) is 26.2 Å². The van der Waals surface area contributed by atoms with Crippen LogP contribution >= 0.6 is 0 Å². The van der Waals surface area contributed by atoms with Crippen LogP contribution in [0.25, 0.3) is 0 Å². The Bertz CT molecular complexity index is 534. The Morgan fingerprint density at radius 2 is 2.29 bits per heavy atom. The highest BCUT2D eigenvalue weighted by Crippen LogP contribution is 2.28. The summed E-state index contributed by atoms with van der Waals surface area (Å²) in [4.78, 5) is 14.3. The first-order valence-electron chi connectivity index (χ1n) is 7.26. The second kappa shape index (κ2) is 5.99. The van der Waals surface area contributed by atoms with E-state index >= 15 is 0 Å². The maximum atomic E-state index is 13.6. The van der Waals surface area contributed by atoms with E-state index in [0.717, 1.165) is 19.2 Å². The van der Waals surface area contributed by atoms with Gasteiger partial charge in [0.25, 0.3) is 5.91 Å². The molecule has 0 bridgehead atoms. The number of halogens is 1. The second-order valence-corrected chi connectivity index (χ2v) is 5.59. The molecular weight excluding hydrogens is 275 g/mol. The zero-order chi connectivity index (χ0) is 14.8. The van der Waals surface area contributed by atoms with Crippen molar-refractivity contribution in [3.63, 3.8) is 0 Å². The van der Waals surface area contributed by atoms with Crippen LogP contribution in [-0.4, -0.2) is 54.3 Å². The number of carbonyl (C=O) groups excluding carboxylic acids is 1. The molecule has 0 radical (unpaired) electrons. The first-order valence-corrected chi connectivity index (χ1v) is 7.26. The van der Waals surface area contributed by atoms with Crippen molar-refractivity contribution in [2.45, 2.75) is 25.0 Å². The Labute approximate surface area is 122 Å². The fourth-order valence-corrected chi connectivity index (χ4v) is 2.63. The fourth-order valence-electron chi connectivity index (χ4n) is 2.63. The summed E-state index contributed by atoms with van der Waals surface area (Å²) in [6.45, 7) is 2.79. The van der Waals surface area contributed by atoms with E-state index in [9.17, 15) is 9.18 Å². The van der Waals surface area contributed by atoms with Crippen LogP contribution in [0.4, 0.5) is 4.39 Å². The summed E-state index contributed by atoms with van der Waals surface area (Å²) in [6.07, 6.45) is 2.44. The van der Waals surface area contributed by atoms with Gasteiger partial charge in [-0.15, -0.1) is 0 Å². The van der Waals surface area contributed by atoms with E-state index in [-0.39, 0.29) is 17.4 Å². The van der Waals surface area contributed by atoms with Gasteiger partial charge in [0, 0.05) is 31.7 Å². The summed E-state index contributed by atoms with van der Waals surface area (Å²) < 4.78 is 19.2. The molecule has 2 aliphatic rings. The van der Waals surface area contributed by atoms with Crippen LogP contribution < -0.4 is 5.32 Å². The highest BCUT2D eigenvalue weighted by atomic mass is 19.1. The van der Waals surface area contributed by atoms with Crippen molar-refractivity contribution in [3.8, 4) is 5.75 Å². The lowest BCUT2D eigenvalue weighted by molar-refractivity contribution is -0.0293. The second-order valence-electron chi connectivity index (χ2n) is 5.59. The Hall–Kier alpha value is -1.66. The number of hydrogen-bond acceptors (Lipinski definition) is 4. The van der Waals surface area contributed by atoms with Crippen LogP contribution in [0, 0.1) is 5.82 Å². The molecule has 0 unspecified atom stereocenters. The van der Waals surface area contributed by atoms with E-state index in [1.54, 1.807) is 0 Å². The van der Waals surface area contributed by atoms with Gasteiger partial charge in [-0.2, -0.15) is 0 Å². The quantitative estimate of drug-likeness (QED) is 0.874. The summed E-state index contributed by atoms with van der Waals surface area (Å²) in [5.74, 6) is -1.41. The molecule has 6 heteroatoms. The van der Waals surface area contributed by atoms with Crippen molar-refractivity contribution in [1.82, 2.24) is 10.2 Å². The lowest BCUT2D eigenvalue weighted by atomic mass is 10.2. The standard InChI is InChI=1S/C15H19FN2O3/c16-14-7-11(19)3-4-13(14)15(20)17-8-12-9-18(5-6-21-12)10-1-2-10/h3-4,7,10,12,19H,1-2,5-6,8-9H2,(H,17,20)/t12-/m1/s1. The molecule has 1 aromatic rings. The molecule has 5 nitrogen and oxygen atoms in total. The molecule has 1 heterocycles. The van der Waals surface area contributed by atoms with Gasteiger partial charge in [-0.25, -0.2) is 4.39 Å². The zero-order valence-corrected chi connectivity index (χ0v) is 11.7. The van der Waals surface area contributed by atoms with Gasteiger partial charge in [-0.1, -0.05) is 0 Å². The number of amides is 1. The number of benzene rings is 1. The Kier molecular flexibility index (Phi) is 4.07. The van der Waals surface area contributed by atoms with Crippen LogP contribution in [0.2, 0.25) is 0 Å². The minimum Gasteiger partial charge on any atom is -0.508 e.